The second-order valence-corrected chi connectivity index (χ2v) is 4.06. The molecule has 3 N–H and O–H groups in total. The van der Waals surface area contributed by atoms with Crippen LogP contribution in [0.15, 0.2) is 30.8 Å². The van der Waals surface area contributed by atoms with Crippen LogP contribution in [-0.2, 0) is 0 Å². The Morgan fingerprint density at radius 2 is 1.94 bits per heavy atom. The van der Waals surface area contributed by atoms with E-state index >= 15 is 0 Å². The molecule has 0 aliphatic heterocycles. The van der Waals surface area contributed by atoms with Gasteiger partial charge in [0, 0.05) is 5.69 Å². The summed E-state index contributed by atoms with van der Waals surface area (Å²) in [4.78, 5) is 12.3. The summed E-state index contributed by atoms with van der Waals surface area (Å²) in [6, 6.07) is 7.88. The van der Waals surface area contributed by atoms with Gasteiger partial charge in [-0.15, -0.1) is 0 Å². The van der Waals surface area contributed by atoms with Gasteiger partial charge < -0.3 is 11.1 Å². The van der Waals surface area contributed by atoms with Crippen molar-refractivity contribution in [3.05, 3.63) is 42.2 Å². The minimum atomic E-state index is 0.180. The minimum Gasteiger partial charge on any atom is -0.368 e. The van der Waals surface area contributed by atoms with E-state index < -0.39 is 0 Å². The second kappa shape index (κ2) is 4.83. The topological polar surface area (TPSA) is 76.7 Å². The Labute approximate surface area is 106 Å². The highest BCUT2D eigenvalue weighted by atomic mass is 15.2. The molecule has 2 aromatic rings. The standard InChI is InChI=1S/C13H15N5/c1-8(2)11-16-12(14)18-13(17-11)15-10-7-5-4-6-9(10)3/h4-7H,1H2,2-3H3,(H3,14,15,16,17,18). The molecule has 0 amide bonds. The Balaban J connectivity index is 2.35. The number of aromatic nitrogens is 3. The Hall–Kier alpha value is -2.43. The van der Waals surface area contributed by atoms with Crippen molar-refractivity contribution in [3.63, 3.8) is 0 Å². The molecule has 92 valence electrons. The summed E-state index contributed by atoms with van der Waals surface area (Å²) in [5.41, 5.74) is 8.44. The third-order valence-corrected chi connectivity index (χ3v) is 2.43. The van der Waals surface area contributed by atoms with Crippen LogP contribution in [0.25, 0.3) is 5.57 Å². The van der Waals surface area contributed by atoms with Crippen LogP contribution in [0.1, 0.15) is 18.3 Å². The van der Waals surface area contributed by atoms with Crippen LogP contribution >= 0.6 is 0 Å². The molecule has 0 unspecified atom stereocenters. The second-order valence-electron chi connectivity index (χ2n) is 4.06. The molecule has 0 fully saturated rings. The van der Waals surface area contributed by atoms with Crippen molar-refractivity contribution < 1.29 is 0 Å². The lowest BCUT2D eigenvalue weighted by molar-refractivity contribution is 1.04. The van der Waals surface area contributed by atoms with Crippen LogP contribution in [0.2, 0.25) is 0 Å². The Morgan fingerprint density at radius 1 is 1.22 bits per heavy atom. The maximum absolute atomic E-state index is 5.65. The van der Waals surface area contributed by atoms with Gasteiger partial charge in [-0.2, -0.15) is 15.0 Å². The predicted molar refractivity (Wildman–Crippen MR) is 73.4 cm³/mol. The van der Waals surface area contributed by atoms with E-state index in [4.69, 9.17) is 5.73 Å². The van der Waals surface area contributed by atoms with Crippen LogP contribution in [0.5, 0.6) is 0 Å². The first kappa shape index (κ1) is 12.0. The number of para-hydroxylation sites is 1. The number of hydrogen-bond donors (Lipinski definition) is 2. The van der Waals surface area contributed by atoms with Crippen LogP contribution in [-0.4, -0.2) is 15.0 Å². The van der Waals surface area contributed by atoms with Gasteiger partial charge >= 0.3 is 0 Å². The lowest BCUT2D eigenvalue weighted by atomic mass is 10.2. The SMILES string of the molecule is C=C(C)c1nc(N)nc(Nc2ccccc2C)n1. The predicted octanol–water partition coefficient (Wildman–Crippen LogP) is 2.54. The highest BCUT2D eigenvalue weighted by Crippen LogP contribution is 2.18. The number of allylic oxidation sites excluding steroid dienone is 1. The first-order valence-corrected chi connectivity index (χ1v) is 5.56. The van der Waals surface area contributed by atoms with Gasteiger partial charge in [-0.25, -0.2) is 0 Å². The van der Waals surface area contributed by atoms with Crippen molar-refractivity contribution >= 4 is 23.2 Å². The van der Waals surface area contributed by atoms with Gasteiger partial charge in [0.1, 0.15) is 0 Å². The fourth-order valence-corrected chi connectivity index (χ4v) is 1.47. The van der Waals surface area contributed by atoms with Crippen LogP contribution in [0, 0.1) is 6.92 Å². The van der Waals surface area contributed by atoms with Gasteiger partial charge in [-0.05, 0) is 31.1 Å². The number of aryl methyl sites for hydroxylation is 1. The average molecular weight is 241 g/mol. The average Bonchev–Trinajstić information content (AvgIpc) is 2.31. The molecule has 5 nitrogen and oxygen atoms in total. The molecule has 5 heteroatoms. The first-order valence-electron chi connectivity index (χ1n) is 5.56. The normalized spacial score (nSPS) is 10.1. The summed E-state index contributed by atoms with van der Waals surface area (Å²) in [6.45, 7) is 7.63. The van der Waals surface area contributed by atoms with Gasteiger partial charge in [-0.3, -0.25) is 0 Å². The van der Waals surface area contributed by atoms with E-state index in [1.165, 1.54) is 0 Å². The molecule has 0 radical (unpaired) electrons. The number of nitrogens with zero attached hydrogens (tertiary/aromatic N) is 3. The number of benzene rings is 1. The Bertz CT molecular complexity index is 592. The van der Waals surface area contributed by atoms with E-state index in [0.29, 0.717) is 11.8 Å². The maximum atomic E-state index is 5.65. The summed E-state index contributed by atoms with van der Waals surface area (Å²) in [6.07, 6.45) is 0. The van der Waals surface area contributed by atoms with Crippen molar-refractivity contribution in [1.29, 1.82) is 0 Å². The molecule has 0 aliphatic rings. The highest BCUT2D eigenvalue weighted by Gasteiger charge is 2.06. The molecule has 0 aliphatic carbocycles. The molecular weight excluding hydrogens is 226 g/mol. The third-order valence-electron chi connectivity index (χ3n) is 2.43. The fraction of sp³-hybridized carbons (Fsp3) is 0.154. The van der Waals surface area contributed by atoms with Gasteiger partial charge in [0.05, 0.1) is 0 Å². The summed E-state index contributed by atoms with van der Waals surface area (Å²) < 4.78 is 0. The summed E-state index contributed by atoms with van der Waals surface area (Å²) in [5.74, 6) is 1.10. The quantitative estimate of drug-likeness (QED) is 0.863. The van der Waals surface area contributed by atoms with Crippen molar-refractivity contribution in [2.24, 2.45) is 0 Å². The first-order chi connectivity index (χ1) is 8.56. The molecule has 0 saturated carbocycles. The number of nitrogens with two attached hydrogens (primary N) is 1. The van der Waals surface area contributed by atoms with Crippen LogP contribution in [0.4, 0.5) is 17.6 Å². The van der Waals surface area contributed by atoms with Crippen molar-refractivity contribution in [2.45, 2.75) is 13.8 Å². The molecular formula is C13H15N5. The Morgan fingerprint density at radius 3 is 2.61 bits per heavy atom. The summed E-state index contributed by atoms with van der Waals surface area (Å²) in [7, 11) is 0. The van der Waals surface area contributed by atoms with Gasteiger partial charge in [0.25, 0.3) is 0 Å². The van der Waals surface area contributed by atoms with Gasteiger partial charge in [0.2, 0.25) is 11.9 Å². The third kappa shape index (κ3) is 2.63. The molecule has 2 rings (SSSR count). The number of nitrogen functional groups attached to an aromatic ring is 1. The fourth-order valence-electron chi connectivity index (χ4n) is 1.47. The Kier molecular flexibility index (Phi) is 3.23. The molecule has 1 heterocycles. The minimum absolute atomic E-state index is 0.180. The summed E-state index contributed by atoms with van der Waals surface area (Å²) in [5, 5.41) is 3.12. The highest BCUT2D eigenvalue weighted by molar-refractivity contribution is 5.61. The van der Waals surface area contributed by atoms with E-state index in [0.717, 1.165) is 16.8 Å². The van der Waals surface area contributed by atoms with E-state index in [1.54, 1.807) is 0 Å². The molecule has 0 saturated heterocycles. The molecule has 0 bridgehead atoms. The zero-order valence-electron chi connectivity index (χ0n) is 10.4. The largest absolute Gasteiger partial charge is 0.368 e. The van der Waals surface area contributed by atoms with E-state index in [2.05, 4.69) is 26.8 Å². The number of anilines is 3. The smallest absolute Gasteiger partial charge is 0.232 e. The maximum Gasteiger partial charge on any atom is 0.232 e. The number of nitrogens with one attached hydrogen (secondary N) is 1. The van der Waals surface area contributed by atoms with E-state index in [-0.39, 0.29) is 5.95 Å². The van der Waals surface area contributed by atoms with E-state index in [1.807, 2.05) is 38.1 Å². The van der Waals surface area contributed by atoms with E-state index in [9.17, 15) is 0 Å². The lowest BCUT2D eigenvalue weighted by Crippen LogP contribution is -2.06. The lowest BCUT2D eigenvalue weighted by Gasteiger charge is -2.09. The molecule has 0 spiro atoms. The van der Waals surface area contributed by atoms with Crippen molar-refractivity contribution in [1.82, 2.24) is 15.0 Å². The molecule has 0 atom stereocenters. The van der Waals surface area contributed by atoms with Crippen molar-refractivity contribution in [2.75, 3.05) is 11.1 Å². The van der Waals surface area contributed by atoms with Crippen LogP contribution in [0.3, 0.4) is 0 Å². The number of hydrogen-bond acceptors (Lipinski definition) is 5. The molecule has 18 heavy (non-hydrogen) atoms. The zero-order valence-corrected chi connectivity index (χ0v) is 10.4. The molecule has 1 aromatic carbocycles. The van der Waals surface area contributed by atoms with Gasteiger partial charge in [-0.1, -0.05) is 24.8 Å². The van der Waals surface area contributed by atoms with Gasteiger partial charge in [0.15, 0.2) is 5.82 Å². The molecule has 1 aromatic heterocycles. The number of rotatable bonds is 3. The van der Waals surface area contributed by atoms with Crippen LogP contribution < -0.4 is 11.1 Å². The monoisotopic (exact) mass is 241 g/mol. The summed E-state index contributed by atoms with van der Waals surface area (Å²) >= 11 is 0. The van der Waals surface area contributed by atoms with Crippen molar-refractivity contribution in [3.8, 4) is 0 Å². The zero-order chi connectivity index (χ0) is 13.1.